The van der Waals surface area contributed by atoms with Crippen LogP contribution < -0.4 is 5.73 Å². The number of nitrogens with two attached hydrogens (primary N) is 1. The molecule has 0 saturated heterocycles. The molecule has 0 bridgehead atoms. The summed E-state index contributed by atoms with van der Waals surface area (Å²) in [5.74, 6) is 1.70. The number of nitrogens with zero attached hydrogens (tertiary/aromatic N) is 4. The Bertz CT molecular complexity index is 1080. The molecule has 3 aromatic heterocycles. The number of aliphatic hydroxyl groups excluding tert-OH is 1. The number of nitrogen functional groups attached to an aromatic ring is 1. The van der Waals surface area contributed by atoms with Crippen molar-refractivity contribution in [2.75, 3.05) is 5.73 Å². The van der Waals surface area contributed by atoms with Crippen molar-refractivity contribution in [3.8, 4) is 11.3 Å². The van der Waals surface area contributed by atoms with Crippen LogP contribution in [0, 0.1) is 0 Å². The van der Waals surface area contributed by atoms with E-state index >= 15 is 0 Å². The predicted molar refractivity (Wildman–Crippen MR) is 100 cm³/mol. The molecular weight excluding hydrogens is 342 g/mol. The number of allylic oxidation sites excluding steroid dienone is 2. The van der Waals surface area contributed by atoms with Gasteiger partial charge in [-0.1, -0.05) is 17.3 Å². The molecule has 0 radical (unpaired) electrons. The summed E-state index contributed by atoms with van der Waals surface area (Å²) in [6.07, 6.45) is 10.9. The number of aliphatic hydroxyl groups is 1. The average molecular weight is 363 g/mol. The minimum Gasteiger partial charge on any atom is -0.388 e. The summed E-state index contributed by atoms with van der Waals surface area (Å²) in [6, 6.07) is 0.319. The zero-order chi connectivity index (χ0) is 18.1. The van der Waals surface area contributed by atoms with Crippen LogP contribution in [0.15, 0.2) is 23.0 Å². The second-order valence-corrected chi connectivity index (χ2v) is 7.88. The molecular formula is C20H21N5O2. The number of rotatable bonds is 2. The van der Waals surface area contributed by atoms with Crippen molar-refractivity contribution in [2.24, 2.45) is 0 Å². The molecule has 0 spiro atoms. The van der Waals surface area contributed by atoms with Crippen LogP contribution in [0.5, 0.6) is 0 Å². The Balaban J connectivity index is 1.69. The van der Waals surface area contributed by atoms with Gasteiger partial charge in [-0.15, -0.1) is 0 Å². The number of hydrogen-bond acceptors (Lipinski definition) is 6. The lowest BCUT2D eigenvalue weighted by Gasteiger charge is -2.17. The lowest BCUT2D eigenvalue weighted by Crippen LogP contribution is -2.10. The smallest absolute Gasteiger partial charge is 0.146 e. The SMILES string of the molecule is Nc1ncnc2c1c1c(n2C2CC=CC2)CCC(O)c2c-1noc2C1CC1. The van der Waals surface area contributed by atoms with E-state index in [9.17, 15) is 5.11 Å². The third-order valence-electron chi connectivity index (χ3n) is 6.19. The Morgan fingerprint density at radius 3 is 2.74 bits per heavy atom. The van der Waals surface area contributed by atoms with Crippen LogP contribution in [0.2, 0.25) is 0 Å². The fraction of sp³-hybridized carbons (Fsp3) is 0.450. The van der Waals surface area contributed by atoms with E-state index < -0.39 is 6.10 Å². The summed E-state index contributed by atoms with van der Waals surface area (Å²) in [7, 11) is 0. The number of hydrogen-bond donors (Lipinski definition) is 2. The Morgan fingerprint density at radius 1 is 1.15 bits per heavy atom. The van der Waals surface area contributed by atoms with E-state index in [0.717, 1.165) is 71.4 Å². The molecule has 6 rings (SSSR count). The van der Waals surface area contributed by atoms with Gasteiger partial charge < -0.3 is 19.9 Å². The molecule has 1 saturated carbocycles. The lowest BCUT2D eigenvalue weighted by molar-refractivity contribution is 0.165. The van der Waals surface area contributed by atoms with Crippen molar-refractivity contribution in [3.05, 3.63) is 35.5 Å². The zero-order valence-electron chi connectivity index (χ0n) is 14.9. The Morgan fingerprint density at radius 2 is 1.96 bits per heavy atom. The Kier molecular flexibility index (Phi) is 3.09. The Labute approximate surface area is 155 Å². The van der Waals surface area contributed by atoms with Gasteiger partial charge in [0.25, 0.3) is 0 Å². The fourth-order valence-electron chi connectivity index (χ4n) is 4.78. The van der Waals surface area contributed by atoms with Crippen molar-refractivity contribution < 1.29 is 9.63 Å². The molecule has 1 atom stereocenters. The molecule has 1 fully saturated rings. The molecule has 0 aliphatic heterocycles. The number of anilines is 1. The molecule has 3 N–H and O–H groups in total. The van der Waals surface area contributed by atoms with Gasteiger partial charge in [-0.05, 0) is 38.5 Å². The van der Waals surface area contributed by atoms with E-state index in [4.69, 9.17) is 10.3 Å². The van der Waals surface area contributed by atoms with Crippen LogP contribution in [0.1, 0.15) is 67.2 Å². The second-order valence-electron chi connectivity index (χ2n) is 7.88. The van der Waals surface area contributed by atoms with Gasteiger partial charge in [-0.25, -0.2) is 9.97 Å². The average Bonchev–Trinajstić information content (AvgIpc) is 3.11. The summed E-state index contributed by atoms with van der Waals surface area (Å²) in [5.41, 5.74) is 10.8. The topological polar surface area (TPSA) is 103 Å². The maximum atomic E-state index is 10.9. The van der Waals surface area contributed by atoms with Crippen LogP contribution in [-0.4, -0.2) is 24.8 Å². The molecule has 7 nitrogen and oxygen atoms in total. The first-order valence-electron chi connectivity index (χ1n) is 9.70. The van der Waals surface area contributed by atoms with Crippen LogP contribution in [0.4, 0.5) is 5.82 Å². The normalized spacial score (nSPS) is 22.2. The van der Waals surface area contributed by atoms with E-state index in [1.165, 1.54) is 6.33 Å². The van der Waals surface area contributed by atoms with Crippen molar-refractivity contribution in [1.82, 2.24) is 19.7 Å². The van der Waals surface area contributed by atoms with Gasteiger partial charge in [0.05, 0.1) is 17.1 Å². The number of fused-ring (bicyclic) bond motifs is 5. The van der Waals surface area contributed by atoms with Gasteiger partial charge in [0.15, 0.2) is 0 Å². The molecule has 0 amide bonds. The number of aromatic nitrogens is 4. The maximum Gasteiger partial charge on any atom is 0.146 e. The summed E-state index contributed by atoms with van der Waals surface area (Å²) in [5, 5.41) is 16.2. The van der Waals surface area contributed by atoms with E-state index in [0.29, 0.717) is 24.2 Å². The molecule has 3 aliphatic rings. The van der Waals surface area contributed by atoms with Crippen LogP contribution in [-0.2, 0) is 6.42 Å². The van der Waals surface area contributed by atoms with Crippen LogP contribution >= 0.6 is 0 Å². The third kappa shape index (κ3) is 2.09. The highest BCUT2D eigenvalue weighted by atomic mass is 16.5. The van der Waals surface area contributed by atoms with Crippen molar-refractivity contribution in [1.29, 1.82) is 0 Å². The van der Waals surface area contributed by atoms with E-state index in [1.54, 1.807) is 0 Å². The van der Waals surface area contributed by atoms with Gasteiger partial charge in [0, 0.05) is 23.2 Å². The Hall–Kier alpha value is -2.67. The van der Waals surface area contributed by atoms with Crippen LogP contribution in [0.25, 0.3) is 22.3 Å². The lowest BCUT2D eigenvalue weighted by atomic mass is 10.0. The largest absolute Gasteiger partial charge is 0.388 e. The molecule has 27 heavy (non-hydrogen) atoms. The summed E-state index contributed by atoms with van der Waals surface area (Å²) in [4.78, 5) is 8.84. The van der Waals surface area contributed by atoms with Crippen LogP contribution in [0.3, 0.4) is 0 Å². The third-order valence-corrected chi connectivity index (χ3v) is 6.19. The molecule has 3 aliphatic carbocycles. The molecule has 1 unspecified atom stereocenters. The van der Waals surface area contributed by atoms with Gasteiger partial charge in [0.2, 0.25) is 0 Å². The first-order valence-corrected chi connectivity index (χ1v) is 9.70. The first kappa shape index (κ1) is 15.4. The monoisotopic (exact) mass is 363 g/mol. The second kappa shape index (κ2) is 5.42. The minimum absolute atomic E-state index is 0.319. The highest BCUT2D eigenvalue weighted by Gasteiger charge is 2.39. The molecule has 138 valence electrons. The quantitative estimate of drug-likeness (QED) is 0.676. The summed E-state index contributed by atoms with van der Waals surface area (Å²) >= 11 is 0. The molecule has 7 heteroatoms. The summed E-state index contributed by atoms with van der Waals surface area (Å²) < 4.78 is 8.04. The van der Waals surface area contributed by atoms with Crippen molar-refractivity contribution >= 4 is 16.9 Å². The van der Waals surface area contributed by atoms with Gasteiger partial charge in [-0.3, -0.25) is 0 Å². The van der Waals surface area contributed by atoms with E-state index in [2.05, 4.69) is 31.8 Å². The highest BCUT2D eigenvalue weighted by Crippen LogP contribution is 2.51. The van der Waals surface area contributed by atoms with E-state index in [-0.39, 0.29) is 0 Å². The summed E-state index contributed by atoms with van der Waals surface area (Å²) in [6.45, 7) is 0. The first-order chi connectivity index (χ1) is 13.2. The zero-order valence-corrected chi connectivity index (χ0v) is 14.9. The molecule has 3 heterocycles. The van der Waals surface area contributed by atoms with Gasteiger partial charge in [0.1, 0.15) is 29.2 Å². The predicted octanol–water partition coefficient (Wildman–Crippen LogP) is 3.42. The maximum absolute atomic E-state index is 10.9. The minimum atomic E-state index is -0.565. The molecule has 0 aromatic carbocycles. The van der Waals surface area contributed by atoms with Crippen molar-refractivity contribution in [3.63, 3.8) is 0 Å². The fourth-order valence-corrected chi connectivity index (χ4v) is 4.78. The van der Waals surface area contributed by atoms with Gasteiger partial charge >= 0.3 is 0 Å². The standard InChI is InChI=1S/C20H21N5O2/c21-19-16-14-12(25(11-3-1-2-4-11)20(16)23-9-22-19)7-8-13(26)15-17(14)24-27-18(15)10-5-6-10/h1-2,9-11,13,26H,3-8H2,(H2,21,22,23). The highest BCUT2D eigenvalue weighted by molar-refractivity contribution is 6.02. The van der Waals surface area contributed by atoms with Gasteiger partial charge in [-0.2, -0.15) is 0 Å². The molecule has 3 aromatic rings. The van der Waals surface area contributed by atoms with E-state index in [1.807, 2.05) is 0 Å². The van der Waals surface area contributed by atoms with Crippen molar-refractivity contribution in [2.45, 2.75) is 56.6 Å².